The van der Waals surface area contributed by atoms with Gasteiger partial charge in [0.25, 0.3) is 11.5 Å². The fourth-order valence-electron chi connectivity index (χ4n) is 1.93. The first kappa shape index (κ1) is 14.3. The van der Waals surface area contributed by atoms with E-state index in [4.69, 9.17) is 0 Å². The van der Waals surface area contributed by atoms with Crippen molar-refractivity contribution in [2.24, 2.45) is 0 Å². The monoisotopic (exact) mass is 321 g/mol. The van der Waals surface area contributed by atoms with Crippen molar-refractivity contribution >= 4 is 27.9 Å². The average molecular weight is 321 g/mol. The third-order valence-electron chi connectivity index (χ3n) is 2.94. The van der Waals surface area contributed by atoms with Crippen LogP contribution in [0.4, 0.5) is 14.5 Å². The largest absolute Gasteiger partial charge is 0.319 e. The molecule has 5 nitrogen and oxygen atoms in total. The fraction of sp³-hybridized carbons (Fsp3) is 0.0714. The maximum atomic E-state index is 13.5. The first-order valence-corrected chi connectivity index (χ1v) is 7.01. The van der Waals surface area contributed by atoms with Crippen molar-refractivity contribution in [1.29, 1.82) is 0 Å². The van der Waals surface area contributed by atoms with Crippen LogP contribution in [-0.4, -0.2) is 15.3 Å². The molecule has 0 aliphatic rings. The predicted molar refractivity (Wildman–Crippen MR) is 78.4 cm³/mol. The summed E-state index contributed by atoms with van der Waals surface area (Å²) in [6, 6.07) is 2.66. The molecule has 0 aliphatic heterocycles. The molecule has 0 spiro atoms. The van der Waals surface area contributed by atoms with E-state index in [1.807, 2.05) is 0 Å². The van der Waals surface area contributed by atoms with Crippen LogP contribution in [0, 0.1) is 18.6 Å². The highest BCUT2D eigenvalue weighted by molar-refractivity contribution is 7.16. The molecule has 3 aromatic rings. The van der Waals surface area contributed by atoms with Gasteiger partial charge in [-0.05, 0) is 19.1 Å². The van der Waals surface area contributed by atoms with Gasteiger partial charge in [-0.15, -0.1) is 11.3 Å². The number of aryl methyl sites for hydroxylation is 1. The first-order chi connectivity index (χ1) is 10.5. The molecule has 0 fully saturated rings. The zero-order chi connectivity index (χ0) is 15.9. The van der Waals surface area contributed by atoms with E-state index in [1.165, 1.54) is 15.7 Å². The number of hydrogen-bond acceptors (Lipinski definition) is 4. The number of nitrogens with zero attached hydrogens (tertiary/aromatic N) is 2. The van der Waals surface area contributed by atoms with Crippen molar-refractivity contribution in [2.75, 3.05) is 5.32 Å². The van der Waals surface area contributed by atoms with Crippen molar-refractivity contribution < 1.29 is 13.6 Å². The van der Waals surface area contributed by atoms with Crippen molar-refractivity contribution in [2.45, 2.75) is 6.92 Å². The van der Waals surface area contributed by atoms with Gasteiger partial charge in [0.1, 0.15) is 17.2 Å². The zero-order valence-corrected chi connectivity index (χ0v) is 12.1. The van der Waals surface area contributed by atoms with Crippen LogP contribution in [0.3, 0.4) is 0 Å². The Balaban J connectivity index is 2.00. The molecule has 0 unspecified atom stereocenters. The van der Waals surface area contributed by atoms with Gasteiger partial charge in [0.2, 0.25) is 0 Å². The number of rotatable bonds is 2. The standard InChI is InChI=1S/C14H9F2N3O2S/c1-7-6-19-13(21)9(5-17-14(19)22-7)12(20)18-11-4-8(15)2-3-10(11)16/h2-6H,1H3,(H,18,20). The first-order valence-electron chi connectivity index (χ1n) is 6.20. The quantitative estimate of drug-likeness (QED) is 0.789. The fourth-order valence-corrected chi connectivity index (χ4v) is 2.72. The molecular formula is C14H9F2N3O2S. The van der Waals surface area contributed by atoms with E-state index in [2.05, 4.69) is 10.3 Å². The summed E-state index contributed by atoms with van der Waals surface area (Å²) in [6.07, 6.45) is 2.69. The lowest BCUT2D eigenvalue weighted by Crippen LogP contribution is -2.26. The number of amides is 1. The van der Waals surface area contributed by atoms with Gasteiger partial charge < -0.3 is 5.32 Å². The smallest absolute Gasteiger partial charge is 0.271 e. The number of anilines is 1. The third-order valence-corrected chi connectivity index (χ3v) is 3.86. The maximum absolute atomic E-state index is 13.5. The predicted octanol–water partition coefficient (Wildman–Crippen LogP) is 2.59. The molecule has 0 saturated carbocycles. The Morgan fingerprint density at radius 2 is 2.14 bits per heavy atom. The van der Waals surface area contributed by atoms with Crippen LogP contribution in [-0.2, 0) is 0 Å². The number of halogens is 2. The highest BCUT2D eigenvalue weighted by Crippen LogP contribution is 2.16. The van der Waals surface area contributed by atoms with Gasteiger partial charge in [0.15, 0.2) is 4.96 Å². The Morgan fingerprint density at radius 3 is 2.91 bits per heavy atom. The summed E-state index contributed by atoms with van der Waals surface area (Å²) in [5, 5.41) is 2.18. The highest BCUT2D eigenvalue weighted by Gasteiger charge is 2.16. The van der Waals surface area contributed by atoms with E-state index in [0.29, 0.717) is 4.96 Å². The SMILES string of the molecule is Cc1cn2c(=O)c(C(=O)Nc3cc(F)ccc3F)cnc2s1. The molecular weight excluding hydrogens is 312 g/mol. The molecule has 2 aromatic heterocycles. The van der Waals surface area contributed by atoms with E-state index in [0.717, 1.165) is 29.3 Å². The summed E-state index contributed by atoms with van der Waals surface area (Å²) in [5.74, 6) is -2.34. The second kappa shape index (κ2) is 5.30. The van der Waals surface area contributed by atoms with Crippen molar-refractivity contribution in [3.8, 4) is 0 Å². The highest BCUT2D eigenvalue weighted by atomic mass is 32.1. The van der Waals surface area contributed by atoms with Crippen LogP contribution in [0.1, 0.15) is 15.2 Å². The molecule has 22 heavy (non-hydrogen) atoms. The molecule has 1 N–H and O–H groups in total. The maximum Gasteiger partial charge on any atom is 0.271 e. The van der Waals surface area contributed by atoms with Crippen molar-refractivity contribution in [1.82, 2.24) is 9.38 Å². The minimum absolute atomic E-state index is 0.251. The van der Waals surface area contributed by atoms with Crippen LogP contribution < -0.4 is 10.9 Å². The molecule has 0 saturated heterocycles. The normalized spacial score (nSPS) is 10.9. The Morgan fingerprint density at radius 1 is 1.36 bits per heavy atom. The number of thiazole rings is 1. The number of carbonyl (C=O) groups excluding carboxylic acids is 1. The molecule has 0 aliphatic carbocycles. The van der Waals surface area contributed by atoms with Gasteiger partial charge in [-0.2, -0.15) is 0 Å². The second-order valence-corrected chi connectivity index (χ2v) is 5.76. The van der Waals surface area contributed by atoms with Gasteiger partial charge in [-0.3, -0.25) is 14.0 Å². The van der Waals surface area contributed by atoms with Crippen molar-refractivity contribution in [3.63, 3.8) is 0 Å². The van der Waals surface area contributed by atoms with Gasteiger partial charge in [0, 0.05) is 23.3 Å². The molecule has 2 heterocycles. The van der Waals surface area contributed by atoms with Crippen LogP contribution >= 0.6 is 11.3 Å². The second-order valence-electron chi connectivity index (χ2n) is 4.55. The lowest BCUT2D eigenvalue weighted by molar-refractivity contribution is 0.102. The number of carbonyl (C=O) groups is 1. The Kier molecular flexibility index (Phi) is 3.45. The minimum Gasteiger partial charge on any atom is -0.319 e. The van der Waals surface area contributed by atoms with Crippen LogP contribution in [0.2, 0.25) is 0 Å². The van der Waals surface area contributed by atoms with E-state index >= 15 is 0 Å². The molecule has 0 bridgehead atoms. The molecule has 0 atom stereocenters. The van der Waals surface area contributed by atoms with Crippen LogP contribution in [0.5, 0.6) is 0 Å². The molecule has 1 aromatic carbocycles. The van der Waals surface area contributed by atoms with E-state index in [-0.39, 0.29) is 11.3 Å². The number of hydrogen-bond donors (Lipinski definition) is 1. The minimum atomic E-state index is -0.847. The summed E-state index contributed by atoms with van der Waals surface area (Å²) in [4.78, 5) is 29.7. The van der Waals surface area contributed by atoms with E-state index in [1.54, 1.807) is 13.1 Å². The Bertz CT molecular complexity index is 949. The van der Waals surface area contributed by atoms with Crippen molar-refractivity contribution in [3.05, 3.63) is 63.0 Å². The average Bonchev–Trinajstić information content (AvgIpc) is 2.84. The van der Waals surface area contributed by atoms with E-state index < -0.39 is 23.1 Å². The summed E-state index contributed by atoms with van der Waals surface area (Å²) >= 11 is 1.31. The number of aromatic nitrogens is 2. The van der Waals surface area contributed by atoms with E-state index in [9.17, 15) is 18.4 Å². The topological polar surface area (TPSA) is 63.5 Å². The van der Waals surface area contributed by atoms with Gasteiger partial charge >= 0.3 is 0 Å². The summed E-state index contributed by atoms with van der Waals surface area (Å²) in [6.45, 7) is 1.81. The number of nitrogens with one attached hydrogen (secondary N) is 1. The molecule has 1 amide bonds. The van der Waals surface area contributed by atoms with Gasteiger partial charge in [-0.1, -0.05) is 0 Å². The number of benzene rings is 1. The van der Waals surface area contributed by atoms with Gasteiger partial charge in [0.05, 0.1) is 5.69 Å². The molecule has 8 heteroatoms. The summed E-state index contributed by atoms with van der Waals surface area (Å²) in [7, 11) is 0. The third kappa shape index (κ3) is 2.48. The molecule has 112 valence electrons. The van der Waals surface area contributed by atoms with Crippen LogP contribution in [0.25, 0.3) is 4.96 Å². The number of fused-ring (bicyclic) bond motifs is 1. The lowest BCUT2D eigenvalue weighted by atomic mass is 10.2. The Hall–Kier alpha value is -2.61. The molecule has 3 rings (SSSR count). The Labute approximate surface area is 126 Å². The summed E-state index contributed by atoms with van der Waals surface area (Å²) < 4.78 is 27.9. The zero-order valence-electron chi connectivity index (χ0n) is 11.3. The van der Waals surface area contributed by atoms with Crippen LogP contribution in [0.15, 0.2) is 35.4 Å². The molecule has 0 radical (unpaired) electrons. The summed E-state index contributed by atoms with van der Waals surface area (Å²) in [5.41, 5.74) is -1.15. The lowest BCUT2D eigenvalue weighted by Gasteiger charge is -2.06. The van der Waals surface area contributed by atoms with Gasteiger partial charge in [-0.25, -0.2) is 13.8 Å².